The summed E-state index contributed by atoms with van der Waals surface area (Å²) in [7, 11) is 1.95. The quantitative estimate of drug-likeness (QED) is 0.761. The van der Waals surface area contributed by atoms with Gasteiger partial charge in [0.1, 0.15) is 5.75 Å². The largest absolute Gasteiger partial charge is 0.508 e. The molecule has 4 heteroatoms. The number of phenols is 1. The van der Waals surface area contributed by atoms with Crippen LogP contribution in [0.5, 0.6) is 5.75 Å². The van der Waals surface area contributed by atoms with Gasteiger partial charge in [0.25, 0.3) is 0 Å². The van der Waals surface area contributed by atoms with Crippen LogP contribution in [0.15, 0.2) is 48.5 Å². The molecule has 0 saturated heterocycles. The topological polar surface area (TPSA) is 63.9 Å². The minimum absolute atomic E-state index is 0.0473. The van der Waals surface area contributed by atoms with Crippen molar-refractivity contribution >= 4 is 0 Å². The molecule has 21 heavy (non-hydrogen) atoms. The molecule has 1 unspecified atom stereocenters. The molecule has 0 saturated carbocycles. The van der Waals surface area contributed by atoms with Crippen molar-refractivity contribution in [1.29, 1.82) is 0 Å². The van der Waals surface area contributed by atoms with Crippen molar-refractivity contribution in [2.45, 2.75) is 19.3 Å². The first-order chi connectivity index (χ1) is 10.1. The van der Waals surface area contributed by atoms with Crippen LogP contribution in [0, 0.1) is 0 Å². The second-order valence-electron chi connectivity index (χ2n) is 5.24. The van der Waals surface area contributed by atoms with Crippen molar-refractivity contribution in [3.8, 4) is 5.75 Å². The van der Waals surface area contributed by atoms with Crippen LogP contribution in [0.4, 0.5) is 0 Å². The molecule has 2 aromatic rings. The van der Waals surface area contributed by atoms with Gasteiger partial charge in [-0.05, 0) is 30.3 Å². The van der Waals surface area contributed by atoms with Crippen molar-refractivity contribution < 1.29 is 15.3 Å². The van der Waals surface area contributed by atoms with Gasteiger partial charge in [-0.25, -0.2) is 0 Å². The highest BCUT2D eigenvalue weighted by Crippen LogP contribution is 2.23. The SMILES string of the molecule is CN(Cc1ccccc1)CC(O)c1ccc(O)c(CO)c1. The molecular weight excluding hydrogens is 266 g/mol. The molecule has 0 fully saturated rings. The summed E-state index contributed by atoms with van der Waals surface area (Å²) < 4.78 is 0. The normalized spacial score (nSPS) is 12.6. The maximum absolute atomic E-state index is 10.3. The fourth-order valence-corrected chi connectivity index (χ4v) is 2.30. The van der Waals surface area contributed by atoms with Gasteiger partial charge in [0, 0.05) is 18.7 Å². The summed E-state index contributed by atoms with van der Waals surface area (Å²) in [6.45, 7) is 0.986. The van der Waals surface area contributed by atoms with Crippen LogP contribution in [-0.2, 0) is 13.2 Å². The molecule has 2 rings (SSSR count). The summed E-state index contributed by atoms with van der Waals surface area (Å²) in [4.78, 5) is 2.03. The standard InChI is InChI=1S/C17H21NO3/c1-18(10-13-5-3-2-4-6-13)11-17(21)14-7-8-16(20)15(9-14)12-19/h2-9,17,19-21H,10-12H2,1H3. The van der Waals surface area contributed by atoms with Crippen molar-refractivity contribution in [2.24, 2.45) is 0 Å². The van der Waals surface area contributed by atoms with Crippen LogP contribution in [-0.4, -0.2) is 33.8 Å². The first-order valence-corrected chi connectivity index (χ1v) is 6.93. The van der Waals surface area contributed by atoms with Crippen molar-refractivity contribution in [3.05, 3.63) is 65.2 Å². The molecule has 0 aliphatic carbocycles. The molecule has 0 radical (unpaired) electrons. The number of aliphatic hydroxyl groups is 2. The van der Waals surface area contributed by atoms with Crippen LogP contribution in [0.25, 0.3) is 0 Å². The molecule has 0 amide bonds. The zero-order valence-electron chi connectivity index (χ0n) is 12.1. The molecule has 4 nitrogen and oxygen atoms in total. The minimum Gasteiger partial charge on any atom is -0.508 e. The van der Waals surface area contributed by atoms with Gasteiger partial charge in [0.2, 0.25) is 0 Å². The van der Waals surface area contributed by atoms with E-state index < -0.39 is 6.10 Å². The number of hydrogen-bond donors (Lipinski definition) is 3. The predicted octanol–water partition coefficient (Wildman–Crippen LogP) is 2.05. The Morgan fingerprint density at radius 3 is 2.48 bits per heavy atom. The summed E-state index contributed by atoms with van der Waals surface area (Å²) >= 11 is 0. The van der Waals surface area contributed by atoms with Crippen molar-refractivity contribution in [3.63, 3.8) is 0 Å². The monoisotopic (exact) mass is 287 g/mol. The highest BCUT2D eigenvalue weighted by atomic mass is 16.3. The lowest BCUT2D eigenvalue weighted by atomic mass is 10.0. The first-order valence-electron chi connectivity index (χ1n) is 6.93. The Labute approximate surface area is 124 Å². The van der Waals surface area contributed by atoms with E-state index in [9.17, 15) is 10.2 Å². The maximum Gasteiger partial charge on any atom is 0.121 e. The third-order valence-corrected chi connectivity index (χ3v) is 3.44. The zero-order valence-corrected chi connectivity index (χ0v) is 12.1. The van der Waals surface area contributed by atoms with Crippen LogP contribution >= 0.6 is 0 Å². The van der Waals surface area contributed by atoms with E-state index in [0.29, 0.717) is 17.7 Å². The predicted molar refractivity (Wildman–Crippen MR) is 81.8 cm³/mol. The van der Waals surface area contributed by atoms with Gasteiger partial charge in [0.15, 0.2) is 0 Å². The lowest BCUT2D eigenvalue weighted by Crippen LogP contribution is -2.24. The summed E-state index contributed by atoms with van der Waals surface area (Å²) in [6, 6.07) is 14.9. The van der Waals surface area contributed by atoms with E-state index in [4.69, 9.17) is 5.11 Å². The molecule has 0 heterocycles. The van der Waals surface area contributed by atoms with E-state index in [1.807, 2.05) is 42.3 Å². The Balaban J connectivity index is 1.99. The van der Waals surface area contributed by atoms with E-state index in [1.165, 1.54) is 11.6 Å². The molecule has 0 aliphatic heterocycles. The Bertz CT molecular complexity index is 572. The molecule has 3 N–H and O–H groups in total. The van der Waals surface area contributed by atoms with Gasteiger partial charge in [0.05, 0.1) is 12.7 Å². The Morgan fingerprint density at radius 2 is 1.81 bits per heavy atom. The molecule has 0 aliphatic rings. The number of aromatic hydroxyl groups is 1. The van der Waals surface area contributed by atoms with Crippen LogP contribution in [0.3, 0.4) is 0 Å². The second kappa shape index (κ2) is 7.22. The second-order valence-corrected chi connectivity index (χ2v) is 5.24. The molecule has 2 aromatic carbocycles. The number of nitrogens with zero attached hydrogens (tertiary/aromatic N) is 1. The first kappa shape index (κ1) is 15.5. The molecular formula is C17H21NO3. The van der Waals surface area contributed by atoms with Crippen LogP contribution < -0.4 is 0 Å². The van der Waals surface area contributed by atoms with E-state index in [2.05, 4.69) is 0 Å². The summed E-state index contributed by atoms with van der Waals surface area (Å²) in [5.74, 6) is 0.0473. The fourth-order valence-electron chi connectivity index (χ4n) is 2.30. The van der Waals surface area contributed by atoms with Gasteiger partial charge in [-0.2, -0.15) is 0 Å². The lowest BCUT2D eigenvalue weighted by molar-refractivity contribution is 0.123. The van der Waals surface area contributed by atoms with Crippen molar-refractivity contribution in [1.82, 2.24) is 4.90 Å². The van der Waals surface area contributed by atoms with E-state index in [-0.39, 0.29) is 12.4 Å². The number of likely N-dealkylation sites (N-methyl/N-ethyl adjacent to an activating group) is 1. The average Bonchev–Trinajstić information content (AvgIpc) is 2.48. The zero-order chi connectivity index (χ0) is 15.2. The van der Waals surface area contributed by atoms with Gasteiger partial charge in [-0.1, -0.05) is 36.4 Å². The van der Waals surface area contributed by atoms with Gasteiger partial charge >= 0.3 is 0 Å². The highest BCUT2D eigenvalue weighted by Gasteiger charge is 2.13. The average molecular weight is 287 g/mol. The van der Waals surface area contributed by atoms with Gasteiger partial charge in [-0.3, -0.25) is 4.90 Å². The summed E-state index contributed by atoms with van der Waals surface area (Å²) in [6.07, 6.45) is -0.662. The Morgan fingerprint density at radius 1 is 1.10 bits per heavy atom. The maximum atomic E-state index is 10.3. The van der Waals surface area contributed by atoms with E-state index in [0.717, 1.165) is 6.54 Å². The van der Waals surface area contributed by atoms with Crippen LogP contribution in [0.2, 0.25) is 0 Å². The third kappa shape index (κ3) is 4.29. The number of hydrogen-bond acceptors (Lipinski definition) is 4. The Kier molecular flexibility index (Phi) is 5.33. The van der Waals surface area contributed by atoms with E-state index >= 15 is 0 Å². The fraction of sp³-hybridized carbons (Fsp3) is 0.294. The number of rotatable bonds is 6. The van der Waals surface area contributed by atoms with Crippen LogP contribution in [0.1, 0.15) is 22.8 Å². The molecule has 0 aromatic heterocycles. The minimum atomic E-state index is -0.662. The van der Waals surface area contributed by atoms with Gasteiger partial charge < -0.3 is 15.3 Å². The van der Waals surface area contributed by atoms with E-state index in [1.54, 1.807) is 12.1 Å². The molecule has 112 valence electrons. The summed E-state index contributed by atoms with van der Waals surface area (Å²) in [5.41, 5.74) is 2.31. The number of benzene rings is 2. The van der Waals surface area contributed by atoms with Gasteiger partial charge in [-0.15, -0.1) is 0 Å². The smallest absolute Gasteiger partial charge is 0.121 e. The molecule has 1 atom stereocenters. The third-order valence-electron chi connectivity index (χ3n) is 3.44. The lowest BCUT2D eigenvalue weighted by Gasteiger charge is -2.21. The number of aliphatic hydroxyl groups excluding tert-OH is 2. The molecule has 0 bridgehead atoms. The highest BCUT2D eigenvalue weighted by molar-refractivity contribution is 5.36. The Hall–Kier alpha value is -1.88. The summed E-state index contributed by atoms with van der Waals surface area (Å²) in [5, 5.41) is 29.0. The van der Waals surface area contributed by atoms with Crippen molar-refractivity contribution in [2.75, 3.05) is 13.6 Å². The molecule has 0 spiro atoms.